The molecule has 0 fully saturated rings. The monoisotopic (exact) mass is 388 g/mol. The van der Waals surface area contributed by atoms with Crippen molar-refractivity contribution in [1.29, 1.82) is 0 Å². The SMILES string of the molecule is CC(C)(C)NCC(COc1cccc2c1CC(=O)N2)OC(=O)c1cccs1. The van der Waals surface area contributed by atoms with Crippen molar-refractivity contribution in [1.82, 2.24) is 5.32 Å². The minimum Gasteiger partial charge on any atom is -0.489 e. The number of carbonyl (C=O) groups is 2. The summed E-state index contributed by atoms with van der Waals surface area (Å²) < 4.78 is 11.6. The van der Waals surface area contributed by atoms with Crippen molar-refractivity contribution < 1.29 is 19.1 Å². The molecule has 0 radical (unpaired) electrons. The number of amides is 1. The highest BCUT2D eigenvalue weighted by atomic mass is 32.1. The van der Waals surface area contributed by atoms with Crippen LogP contribution in [0.1, 0.15) is 36.0 Å². The van der Waals surface area contributed by atoms with Gasteiger partial charge in [-0.05, 0) is 44.4 Å². The molecular formula is C20H24N2O4S. The highest BCUT2D eigenvalue weighted by Gasteiger charge is 2.24. The Bertz CT molecular complexity index is 812. The van der Waals surface area contributed by atoms with Gasteiger partial charge in [-0.3, -0.25) is 4.79 Å². The smallest absolute Gasteiger partial charge is 0.348 e. The maximum Gasteiger partial charge on any atom is 0.348 e. The molecule has 0 saturated heterocycles. The van der Waals surface area contributed by atoms with Crippen LogP contribution in [0.2, 0.25) is 0 Å². The van der Waals surface area contributed by atoms with Gasteiger partial charge in [0, 0.05) is 23.3 Å². The van der Waals surface area contributed by atoms with Crippen molar-refractivity contribution in [2.75, 3.05) is 18.5 Å². The molecule has 6 nitrogen and oxygen atoms in total. The molecule has 3 rings (SSSR count). The van der Waals surface area contributed by atoms with Gasteiger partial charge in [0.2, 0.25) is 5.91 Å². The van der Waals surface area contributed by atoms with Gasteiger partial charge in [-0.2, -0.15) is 0 Å². The van der Waals surface area contributed by atoms with E-state index in [1.807, 2.05) is 50.4 Å². The molecule has 27 heavy (non-hydrogen) atoms. The molecule has 0 spiro atoms. The molecule has 2 N–H and O–H groups in total. The lowest BCUT2D eigenvalue weighted by atomic mass is 10.1. The number of ether oxygens (including phenoxy) is 2. The van der Waals surface area contributed by atoms with Crippen molar-refractivity contribution in [3.05, 3.63) is 46.2 Å². The lowest BCUT2D eigenvalue weighted by Gasteiger charge is -2.25. The van der Waals surface area contributed by atoms with Gasteiger partial charge in [-0.25, -0.2) is 4.79 Å². The van der Waals surface area contributed by atoms with Gasteiger partial charge in [0.25, 0.3) is 0 Å². The van der Waals surface area contributed by atoms with Crippen molar-refractivity contribution in [3.8, 4) is 5.75 Å². The van der Waals surface area contributed by atoms with Gasteiger partial charge in [-0.15, -0.1) is 11.3 Å². The zero-order valence-corrected chi connectivity index (χ0v) is 16.5. The van der Waals surface area contributed by atoms with Crippen molar-refractivity contribution in [3.63, 3.8) is 0 Å². The molecule has 1 unspecified atom stereocenters. The molecule has 0 aliphatic carbocycles. The molecule has 2 heterocycles. The predicted octanol–water partition coefficient (Wildman–Crippen LogP) is 3.24. The minimum absolute atomic E-state index is 0.0453. The Kier molecular flexibility index (Phi) is 5.82. The number of benzene rings is 1. The van der Waals surface area contributed by atoms with E-state index >= 15 is 0 Å². The molecule has 1 aliphatic heterocycles. The van der Waals surface area contributed by atoms with Crippen molar-refractivity contribution in [2.24, 2.45) is 0 Å². The largest absolute Gasteiger partial charge is 0.489 e. The summed E-state index contributed by atoms with van der Waals surface area (Å²) in [5, 5.41) is 7.99. The normalized spacial score (nSPS) is 14.4. The van der Waals surface area contributed by atoms with E-state index in [4.69, 9.17) is 9.47 Å². The second kappa shape index (κ2) is 8.10. The molecule has 1 aromatic heterocycles. The number of hydrogen-bond acceptors (Lipinski definition) is 6. The Morgan fingerprint density at radius 1 is 1.30 bits per heavy atom. The Hall–Kier alpha value is -2.38. The van der Waals surface area contributed by atoms with E-state index in [-0.39, 0.29) is 24.0 Å². The number of esters is 1. The third kappa shape index (κ3) is 5.30. The summed E-state index contributed by atoms with van der Waals surface area (Å²) in [5.74, 6) is 0.236. The topological polar surface area (TPSA) is 76.7 Å². The quantitative estimate of drug-likeness (QED) is 0.712. The first-order chi connectivity index (χ1) is 12.8. The Morgan fingerprint density at radius 2 is 2.11 bits per heavy atom. The molecule has 1 atom stereocenters. The molecular weight excluding hydrogens is 364 g/mol. The number of fused-ring (bicyclic) bond motifs is 1. The van der Waals surface area contributed by atoms with Crippen LogP contribution in [0.3, 0.4) is 0 Å². The Labute approximate surface area is 162 Å². The van der Waals surface area contributed by atoms with Crippen LogP contribution in [0.25, 0.3) is 0 Å². The maximum atomic E-state index is 12.3. The molecule has 2 aromatic rings. The van der Waals surface area contributed by atoms with Crippen LogP contribution in [0.15, 0.2) is 35.7 Å². The fourth-order valence-electron chi connectivity index (χ4n) is 2.70. The minimum atomic E-state index is -0.459. The number of rotatable bonds is 7. The van der Waals surface area contributed by atoms with Crippen LogP contribution >= 0.6 is 11.3 Å². The van der Waals surface area contributed by atoms with Crippen LogP contribution in [0.4, 0.5) is 5.69 Å². The summed E-state index contributed by atoms with van der Waals surface area (Å²) in [6, 6.07) is 9.07. The van der Waals surface area contributed by atoms with Gasteiger partial charge in [0.15, 0.2) is 0 Å². The first kappa shape index (κ1) is 19.4. The zero-order chi connectivity index (χ0) is 19.4. The number of thiophene rings is 1. The van der Waals surface area contributed by atoms with Gasteiger partial charge in [-0.1, -0.05) is 12.1 Å². The first-order valence-electron chi connectivity index (χ1n) is 8.86. The Morgan fingerprint density at radius 3 is 2.81 bits per heavy atom. The van der Waals surface area contributed by atoms with Crippen molar-refractivity contribution in [2.45, 2.75) is 38.8 Å². The molecule has 1 amide bonds. The summed E-state index contributed by atoms with van der Waals surface area (Å²) in [7, 11) is 0. The second-order valence-electron chi connectivity index (χ2n) is 7.45. The van der Waals surface area contributed by atoms with E-state index in [9.17, 15) is 9.59 Å². The number of hydrogen-bond donors (Lipinski definition) is 2. The molecule has 0 saturated carbocycles. The van der Waals surface area contributed by atoms with E-state index in [1.54, 1.807) is 6.07 Å². The number of nitrogens with one attached hydrogen (secondary N) is 2. The van der Waals surface area contributed by atoms with Gasteiger partial charge >= 0.3 is 5.97 Å². The third-order valence-corrected chi connectivity index (χ3v) is 4.88. The van der Waals surface area contributed by atoms with Crippen LogP contribution in [0.5, 0.6) is 5.75 Å². The third-order valence-electron chi connectivity index (χ3n) is 4.03. The van der Waals surface area contributed by atoms with E-state index in [1.165, 1.54) is 11.3 Å². The standard InChI is InChI=1S/C20H24N2O4S/c1-20(2,3)21-11-13(26-19(24)17-8-5-9-27-17)12-25-16-7-4-6-15-14(16)10-18(23)22-15/h4-9,13,21H,10-12H2,1-3H3,(H,22,23). The molecule has 7 heteroatoms. The first-order valence-corrected chi connectivity index (χ1v) is 9.74. The van der Waals surface area contributed by atoms with Crippen LogP contribution < -0.4 is 15.4 Å². The summed E-state index contributed by atoms with van der Waals surface area (Å²) in [5.41, 5.74) is 1.50. The molecule has 1 aromatic carbocycles. The maximum absolute atomic E-state index is 12.3. The summed E-state index contributed by atoms with van der Waals surface area (Å²) >= 11 is 1.35. The van der Waals surface area contributed by atoms with E-state index < -0.39 is 6.10 Å². The van der Waals surface area contributed by atoms with Gasteiger partial charge in [0.05, 0.1) is 6.42 Å². The summed E-state index contributed by atoms with van der Waals surface area (Å²) in [6.45, 7) is 6.81. The second-order valence-corrected chi connectivity index (χ2v) is 8.40. The molecule has 1 aliphatic rings. The number of anilines is 1. The van der Waals surface area contributed by atoms with Crippen LogP contribution in [-0.4, -0.2) is 36.7 Å². The van der Waals surface area contributed by atoms with E-state index in [0.717, 1.165) is 11.3 Å². The van der Waals surface area contributed by atoms with Gasteiger partial charge < -0.3 is 20.1 Å². The Balaban J connectivity index is 1.67. The average molecular weight is 388 g/mol. The fraction of sp³-hybridized carbons (Fsp3) is 0.400. The molecule has 0 bridgehead atoms. The number of carbonyl (C=O) groups excluding carboxylic acids is 2. The average Bonchev–Trinajstić information content (AvgIpc) is 3.25. The highest BCUT2D eigenvalue weighted by molar-refractivity contribution is 7.11. The highest BCUT2D eigenvalue weighted by Crippen LogP contribution is 2.31. The van der Waals surface area contributed by atoms with Crippen LogP contribution in [0, 0.1) is 0 Å². The fourth-order valence-corrected chi connectivity index (χ4v) is 3.30. The van der Waals surface area contributed by atoms with Gasteiger partial charge in [0.1, 0.15) is 23.3 Å². The lowest BCUT2D eigenvalue weighted by molar-refractivity contribution is -0.115. The van der Waals surface area contributed by atoms with E-state index in [0.29, 0.717) is 23.6 Å². The predicted molar refractivity (Wildman–Crippen MR) is 106 cm³/mol. The van der Waals surface area contributed by atoms with Crippen LogP contribution in [-0.2, 0) is 16.0 Å². The summed E-state index contributed by atoms with van der Waals surface area (Å²) in [4.78, 5) is 24.5. The zero-order valence-electron chi connectivity index (χ0n) is 15.7. The van der Waals surface area contributed by atoms with Crippen molar-refractivity contribution >= 4 is 28.9 Å². The molecule has 144 valence electrons. The summed E-state index contributed by atoms with van der Waals surface area (Å²) in [6.07, 6.45) is -0.162. The lowest BCUT2D eigenvalue weighted by Crippen LogP contribution is -2.44. The van der Waals surface area contributed by atoms with E-state index in [2.05, 4.69) is 10.6 Å².